The molecule has 0 fully saturated rings. The van der Waals surface area contributed by atoms with Gasteiger partial charge < -0.3 is 20.1 Å². The number of rotatable bonds is 11. The van der Waals surface area contributed by atoms with E-state index in [-0.39, 0.29) is 30.1 Å². The van der Waals surface area contributed by atoms with Crippen molar-refractivity contribution in [3.05, 3.63) is 24.3 Å². The lowest BCUT2D eigenvalue weighted by Crippen LogP contribution is -2.39. The number of hydrogen-bond acceptors (Lipinski definition) is 5. The van der Waals surface area contributed by atoms with Crippen molar-refractivity contribution in [1.29, 1.82) is 0 Å². The summed E-state index contributed by atoms with van der Waals surface area (Å²) >= 11 is 0. The summed E-state index contributed by atoms with van der Waals surface area (Å²) in [5.74, 6) is 2.04. The SMILES string of the molecule is CCNC(=NCC(C)Oc1ccccc1OC)NCCCNS(C)(=O)=O.I. The van der Waals surface area contributed by atoms with E-state index in [1.165, 1.54) is 0 Å². The molecule has 1 unspecified atom stereocenters. The van der Waals surface area contributed by atoms with Gasteiger partial charge in [-0.1, -0.05) is 12.1 Å². The number of hydrogen-bond donors (Lipinski definition) is 3. The molecule has 8 nitrogen and oxygen atoms in total. The zero-order chi connectivity index (χ0) is 19.4. The summed E-state index contributed by atoms with van der Waals surface area (Å²) in [6.45, 7) is 6.12. The number of nitrogens with one attached hydrogen (secondary N) is 3. The fourth-order valence-corrected chi connectivity index (χ4v) is 2.60. The van der Waals surface area contributed by atoms with Crippen molar-refractivity contribution in [2.24, 2.45) is 4.99 Å². The van der Waals surface area contributed by atoms with Gasteiger partial charge in [-0.2, -0.15) is 0 Å². The van der Waals surface area contributed by atoms with E-state index in [9.17, 15) is 8.42 Å². The molecule has 0 aliphatic heterocycles. The standard InChI is InChI=1S/C17H30N4O4S.HI/c1-5-18-17(19-11-8-12-21-26(4,22)23)20-13-14(2)25-16-10-7-6-9-15(16)24-3;/h6-7,9-10,14,21H,5,8,11-13H2,1-4H3,(H2,18,19,20);1H. The summed E-state index contributed by atoms with van der Waals surface area (Å²) in [5, 5.41) is 6.32. The highest BCUT2D eigenvalue weighted by Crippen LogP contribution is 2.26. The lowest BCUT2D eigenvalue weighted by Gasteiger charge is -2.16. The van der Waals surface area contributed by atoms with Crippen molar-refractivity contribution in [1.82, 2.24) is 15.4 Å². The highest BCUT2D eigenvalue weighted by Gasteiger charge is 2.08. The number of methoxy groups -OCH3 is 1. The van der Waals surface area contributed by atoms with Gasteiger partial charge in [-0.05, 0) is 32.4 Å². The molecule has 0 spiro atoms. The van der Waals surface area contributed by atoms with Crippen LogP contribution in [0.25, 0.3) is 0 Å². The van der Waals surface area contributed by atoms with Crippen molar-refractivity contribution < 1.29 is 17.9 Å². The Morgan fingerprint density at radius 2 is 1.85 bits per heavy atom. The van der Waals surface area contributed by atoms with Crippen LogP contribution in [0.2, 0.25) is 0 Å². The predicted octanol–water partition coefficient (Wildman–Crippen LogP) is 1.57. The van der Waals surface area contributed by atoms with Gasteiger partial charge in [-0.25, -0.2) is 18.1 Å². The van der Waals surface area contributed by atoms with E-state index in [1.54, 1.807) is 7.11 Å². The summed E-state index contributed by atoms with van der Waals surface area (Å²) in [6.07, 6.45) is 1.67. The first-order chi connectivity index (χ1) is 12.4. The predicted molar refractivity (Wildman–Crippen MR) is 120 cm³/mol. The lowest BCUT2D eigenvalue weighted by molar-refractivity contribution is 0.219. The maximum absolute atomic E-state index is 11.0. The smallest absolute Gasteiger partial charge is 0.208 e. The van der Waals surface area contributed by atoms with E-state index in [0.29, 0.717) is 43.5 Å². The van der Waals surface area contributed by atoms with E-state index < -0.39 is 10.0 Å². The number of ether oxygens (including phenoxy) is 2. The summed E-state index contributed by atoms with van der Waals surface area (Å²) in [4.78, 5) is 4.50. The molecule has 27 heavy (non-hydrogen) atoms. The van der Waals surface area contributed by atoms with E-state index in [2.05, 4.69) is 20.3 Å². The van der Waals surface area contributed by atoms with E-state index in [1.807, 2.05) is 38.1 Å². The van der Waals surface area contributed by atoms with Gasteiger partial charge in [0.2, 0.25) is 10.0 Å². The third-order valence-corrected chi connectivity index (χ3v) is 3.99. The van der Waals surface area contributed by atoms with Crippen LogP contribution >= 0.6 is 24.0 Å². The van der Waals surface area contributed by atoms with Crippen LogP contribution in [-0.4, -0.2) is 60.0 Å². The molecule has 0 radical (unpaired) electrons. The fourth-order valence-electron chi connectivity index (χ4n) is 2.08. The van der Waals surface area contributed by atoms with Gasteiger partial charge in [0.15, 0.2) is 17.5 Å². The van der Waals surface area contributed by atoms with Gasteiger partial charge in [-0.15, -0.1) is 24.0 Å². The molecular formula is C17H31IN4O4S. The molecule has 1 atom stereocenters. The van der Waals surface area contributed by atoms with Gasteiger partial charge in [0.05, 0.1) is 19.9 Å². The lowest BCUT2D eigenvalue weighted by atomic mass is 10.3. The first-order valence-electron chi connectivity index (χ1n) is 8.62. The van der Waals surface area contributed by atoms with Gasteiger partial charge in [0, 0.05) is 19.6 Å². The average molecular weight is 514 g/mol. The number of nitrogens with zero attached hydrogens (tertiary/aromatic N) is 1. The second-order valence-corrected chi connectivity index (χ2v) is 7.58. The van der Waals surface area contributed by atoms with Crippen molar-refractivity contribution in [3.8, 4) is 11.5 Å². The largest absolute Gasteiger partial charge is 0.493 e. The molecular weight excluding hydrogens is 483 g/mol. The number of sulfonamides is 1. The van der Waals surface area contributed by atoms with Crippen molar-refractivity contribution in [2.45, 2.75) is 26.4 Å². The van der Waals surface area contributed by atoms with E-state index >= 15 is 0 Å². The Hall–Kier alpha value is -1.27. The summed E-state index contributed by atoms with van der Waals surface area (Å²) in [6, 6.07) is 7.49. The van der Waals surface area contributed by atoms with Crippen LogP contribution in [0.1, 0.15) is 20.3 Å². The quantitative estimate of drug-likeness (QED) is 0.180. The third kappa shape index (κ3) is 11.9. The molecule has 0 bridgehead atoms. The molecule has 0 saturated carbocycles. The molecule has 0 amide bonds. The van der Waals surface area contributed by atoms with Gasteiger partial charge in [0.1, 0.15) is 6.10 Å². The van der Waals surface area contributed by atoms with Gasteiger partial charge >= 0.3 is 0 Å². The first-order valence-corrected chi connectivity index (χ1v) is 10.5. The number of halogens is 1. The van der Waals surface area contributed by atoms with Crippen LogP contribution in [-0.2, 0) is 10.0 Å². The second-order valence-electron chi connectivity index (χ2n) is 5.75. The molecule has 0 aliphatic rings. The first kappa shape index (κ1) is 25.7. The average Bonchev–Trinajstić information content (AvgIpc) is 2.58. The molecule has 156 valence electrons. The van der Waals surface area contributed by atoms with Crippen LogP contribution in [0.3, 0.4) is 0 Å². The van der Waals surface area contributed by atoms with Crippen LogP contribution < -0.4 is 24.8 Å². The second kappa shape index (κ2) is 13.8. The minimum Gasteiger partial charge on any atom is -0.493 e. The molecule has 0 saturated heterocycles. The minimum absolute atomic E-state index is 0. The number of para-hydroxylation sites is 2. The van der Waals surface area contributed by atoms with Crippen LogP contribution in [0, 0.1) is 0 Å². The maximum atomic E-state index is 11.0. The van der Waals surface area contributed by atoms with Crippen LogP contribution in [0.4, 0.5) is 0 Å². The van der Waals surface area contributed by atoms with Crippen molar-refractivity contribution in [2.75, 3.05) is 39.5 Å². The molecule has 0 heterocycles. The monoisotopic (exact) mass is 514 g/mol. The molecule has 10 heteroatoms. The Morgan fingerprint density at radius 3 is 2.44 bits per heavy atom. The highest BCUT2D eigenvalue weighted by molar-refractivity contribution is 14.0. The molecule has 1 aromatic rings. The van der Waals surface area contributed by atoms with E-state index in [4.69, 9.17) is 9.47 Å². The van der Waals surface area contributed by atoms with Crippen LogP contribution in [0.5, 0.6) is 11.5 Å². The summed E-state index contributed by atoms with van der Waals surface area (Å²) in [5.41, 5.74) is 0. The number of guanidine groups is 1. The Kier molecular flexibility index (Phi) is 13.2. The van der Waals surface area contributed by atoms with Gasteiger partial charge in [-0.3, -0.25) is 0 Å². The van der Waals surface area contributed by atoms with Crippen molar-refractivity contribution in [3.63, 3.8) is 0 Å². The molecule has 0 aromatic heterocycles. The third-order valence-electron chi connectivity index (χ3n) is 3.26. The normalized spacial score (nSPS) is 12.7. The Labute approximate surface area is 179 Å². The Morgan fingerprint density at radius 1 is 1.19 bits per heavy atom. The summed E-state index contributed by atoms with van der Waals surface area (Å²) < 4.78 is 35.6. The number of benzene rings is 1. The summed E-state index contributed by atoms with van der Waals surface area (Å²) in [7, 11) is -1.53. The zero-order valence-electron chi connectivity index (χ0n) is 16.3. The fraction of sp³-hybridized carbons (Fsp3) is 0.588. The molecule has 0 aliphatic carbocycles. The Balaban J connectivity index is 0.00000676. The maximum Gasteiger partial charge on any atom is 0.208 e. The van der Waals surface area contributed by atoms with Gasteiger partial charge in [0.25, 0.3) is 0 Å². The van der Waals surface area contributed by atoms with Crippen LogP contribution in [0.15, 0.2) is 29.3 Å². The Bertz CT molecular complexity index is 671. The number of aliphatic imine (C=N–C) groups is 1. The molecule has 1 aromatic carbocycles. The topological polar surface area (TPSA) is 101 Å². The molecule has 3 N–H and O–H groups in total. The minimum atomic E-state index is -3.14. The van der Waals surface area contributed by atoms with E-state index in [0.717, 1.165) is 12.8 Å². The molecule has 1 rings (SSSR count). The van der Waals surface area contributed by atoms with Crippen molar-refractivity contribution >= 4 is 40.0 Å². The zero-order valence-corrected chi connectivity index (χ0v) is 19.5. The highest BCUT2D eigenvalue weighted by atomic mass is 127.